The van der Waals surface area contributed by atoms with Crippen LogP contribution in [0.25, 0.3) is 0 Å². The van der Waals surface area contributed by atoms with E-state index in [9.17, 15) is 14.4 Å². The highest BCUT2D eigenvalue weighted by Gasteiger charge is 2.34. The van der Waals surface area contributed by atoms with Crippen molar-refractivity contribution in [3.8, 4) is 11.8 Å². The Labute approximate surface area is 146 Å². The van der Waals surface area contributed by atoms with Crippen LogP contribution in [0.2, 0.25) is 0 Å². The lowest BCUT2D eigenvalue weighted by Crippen LogP contribution is -2.40. The molecule has 132 valence electrons. The molecule has 0 atom stereocenters. The molecule has 1 saturated heterocycles. The fraction of sp³-hybridized carbons (Fsp3) is 0.389. The van der Waals surface area contributed by atoms with Gasteiger partial charge >= 0.3 is 0 Å². The van der Waals surface area contributed by atoms with E-state index in [0.717, 1.165) is 6.42 Å². The molecule has 1 aliphatic heterocycles. The number of benzene rings is 1. The maximum atomic E-state index is 12.1. The van der Waals surface area contributed by atoms with Gasteiger partial charge in [0, 0.05) is 30.9 Å². The van der Waals surface area contributed by atoms with E-state index in [2.05, 4.69) is 27.8 Å². The maximum absolute atomic E-state index is 12.1. The van der Waals surface area contributed by atoms with Gasteiger partial charge in [0.15, 0.2) is 0 Å². The Kier molecular flexibility index (Phi) is 5.78. The number of rotatable bonds is 4. The zero-order valence-corrected chi connectivity index (χ0v) is 14.5. The Morgan fingerprint density at radius 1 is 1.08 bits per heavy atom. The van der Waals surface area contributed by atoms with Crippen LogP contribution in [-0.2, 0) is 9.53 Å². The third kappa shape index (κ3) is 4.37. The predicted octanol–water partition coefficient (Wildman–Crippen LogP) is 0.774. The number of anilines is 1. The quantitative estimate of drug-likeness (QED) is 0.704. The molecular formula is C18H21N3O4. The lowest BCUT2D eigenvalue weighted by atomic mass is 9.84. The average molecular weight is 343 g/mol. The number of hydrogen-bond acceptors (Lipinski definition) is 4. The Hall–Kier alpha value is -2.85. The SMILES string of the molecule is CCC1(C#CC(=O)Nc2cc(C(=O)NC)cc(C(=O)NC)c2)COC1. The summed E-state index contributed by atoms with van der Waals surface area (Å²) >= 11 is 0. The van der Waals surface area contributed by atoms with Crippen molar-refractivity contribution in [2.75, 3.05) is 32.6 Å². The van der Waals surface area contributed by atoms with Gasteiger partial charge in [0.1, 0.15) is 0 Å². The van der Waals surface area contributed by atoms with Crippen LogP contribution < -0.4 is 16.0 Å². The molecule has 0 aromatic heterocycles. The Bertz CT molecular complexity index is 718. The lowest BCUT2D eigenvalue weighted by Gasteiger charge is -2.35. The zero-order valence-electron chi connectivity index (χ0n) is 14.5. The highest BCUT2D eigenvalue weighted by atomic mass is 16.5. The summed E-state index contributed by atoms with van der Waals surface area (Å²) in [5.74, 6) is 4.30. The van der Waals surface area contributed by atoms with Gasteiger partial charge in [0.2, 0.25) is 0 Å². The summed E-state index contributed by atoms with van der Waals surface area (Å²) in [4.78, 5) is 35.8. The normalized spacial score (nSPS) is 14.4. The van der Waals surface area contributed by atoms with Gasteiger partial charge in [-0.1, -0.05) is 12.8 Å². The van der Waals surface area contributed by atoms with Crippen molar-refractivity contribution < 1.29 is 19.1 Å². The summed E-state index contributed by atoms with van der Waals surface area (Å²) in [6, 6.07) is 4.44. The molecule has 3 amide bonds. The average Bonchev–Trinajstić information content (AvgIpc) is 2.59. The molecule has 7 heteroatoms. The molecule has 0 bridgehead atoms. The molecule has 0 spiro atoms. The highest BCUT2D eigenvalue weighted by Crippen LogP contribution is 2.29. The first-order valence-electron chi connectivity index (χ1n) is 7.94. The predicted molar refractivity (Wildman–Crippen MR) is 93.2 cm³/mol. The van der Waals surface area contributed by atoms with Crippen LogP contribution in [0, 0.1) is 17.3 Å². The fourth-order valence-electron chi connectivity index (χ4n) is 2.32. The molecule has 1 aromatic carbocycles. The maximum Gasteiger partial charge on any atom is 0.300 e. The van der Waals surface area contributed by atoms with E-state index in [1.165, 1.54) is 32.3 Å². The van der Waals surface area contributed by atoms with Gasteiger partial charge in [-0.15, -0.1) is 0 Å². The largest absolute Gasteiger partial charge is 0.378 e. The standard InChI is InChI=1S/C18H21N3O4/c1-4-18(10-25-11-18)6-5-15(22)21-14-8-12(16(23)19-2)7-13(9-14)17(24)20-3/h7-9H,4,10-11H2,1-3H3,(H,19,23)(H,20,24)(H,21,22). The topological polar surface area (TPSA) is 96.5 Å². The van der Waals surface area contributed by atoms with E-state index in [1.54, 1.807) is 0 Å². The van der Waals surface area contributed by atoms with Gasteiger partial charge < -0.3 is 20.7 Å². The third-order valence-corrected chi connectivity index (χ3v) is 4.04. The van der Waals surface area contributed by atoms with Crippen molar-refractivity contribution in [2.24, 2.45) is 5.41 Å². The molecule has 1 fully saturated rings. The van der Waals surface area contributed by atoms with Crippen molar-refractivity contribution in [1.29, 1.82) is 0 Å². The summed E-state index contributed by atoms with van der Waals surface area (Å²) in [5.41, 5.74) is 0.608. The first kappa shape index (κ1) is 18.5. The Morgan fingerprint density at radius 2 is 1.64 bits per heavy atom. The number of carbonyl (C=O) groups excluding carboxylic acids is 3. The molecule has 2 rings (SSSR count). The molecule has 0 radical (unpaired) electrons. The number of hydrogen-bond donors (Lipinski definition) is 3. The molecule has 0 saturated carbocycles. The summed E-state index contributed by atoms with van der Waals surface area (Å²) in [6.45, 7) is 3.05. The fourth-order valence-corrected chi connectivity index (χ4v) is 2.32. The van der Waals surface area contributed by atoms with Crippen LogP contribution in [0.5, 0.6) is 0 Å². The van der Waals surface area contributed by atoms with Crippen molar-refractivity contribution >= 4 is 23.4 Å². The van der Waals surface area contributed by atoms with Crippen LogP contribution in [-0.4, -0.2) is 45.0 Å². The summed E-state index contributed by atoms with van der Waals surface area (Å²) < 4.78 is 5.17. The van der Waals surface area contributed by atoms with Crippen LogP contribution in [0.15, 0.2) is 18.2 Å². The molecule has 1 heterocycles. The van der Waals surface area contributed by atoms with Crippen LogP contribution in [0.4, 0.5) is 5.69 Å². The lowest BCUT2D eigenvalue weighted by molar-refractivity contribution is -0.111. The molecule has 25 heavy (non-hydrogen) atoms. The third-order valence-electron chi connectivity index (χ3n) is 4.04. The molecule has 0 aliphatic carbocycles. The second-order valence-electron chi connectivity index (χ2n) is 5.79. The van der Waals surface area contributed by atoms with Gasteiger partial charge in [0.05, 0.1) is 18.6 Å². The van der Waals surface area contributed by atoms with Crippen LogP contribution in [0.1, 0.15) is 34.1 Å². The smallest absolute Gasteiger partial charge is 0.300 e. The minimum atomic E-state index is -0.503. The van der Waals surface area contributed by atoms with Gasteiger partial charge in [-0.25, -0.2) is 0 Å². The van der Waals surface area contributed by atoms with Crippen molar-refractivity contribution in [2.45, 2.75) is 13.3 Å². The number of amides is 3. The van der Waals surface area contributed by atoms with Gasteiger partial charge in [-0.05, 0) is 30.5 Å². The molecule has 7 nitrogen and oxygen atoms in total. The first-order chi connectivity index (χ1) is 11.9. The minimum absolute atomic E-state index is 0.255. The number of nitrogens with one attached hydrogen (secondary N) is 3. The van der Waals surface area contributed by atoms with E-state index in [4.69, 9.17) is 4.74 Å². The first-order valence-corrected chi connectivity index (χ1v) is 7.94. The zero-order chi connectivity index (χ0) is 18.4. The molecule has 1 aromatic rings. The molecule has 3 N–H and O–H groups in total. The minimum Gasteiger partial charge on any atom is -0.378 e. The summed E-state index contributed by atoms with van der Waals surface area (Å²) in [5, 5.41) is 7.59. The van der Waals surface area contributed by atoms with Crippen molar-refractivity contribution in [3.63, 3.8) is 0 Å². The van der Waals surface area contributed by atoms with E-state index < -0.39 is 5.91 Å². The van der Waals surface area contributed by atoms with E-state index in [1.807, 2.05) is 6.92 Å². The second kappa shape index (κ2) is 7.81. The number of carbonyl (C=O) groups is 3. The van der Waals surface area contributed by atoms with Gasteiger partial charge in [-0.2, -0.15) is 0 Å². The van der Waals surface area contributed by atoms with Gasteiger partial charge in [0.25, 0.3) is 17.7 Å². The van der Waals surface area contributed by atoms with E-state index in [-0.39, 0.29) is 28.4 Å². The Morgan fingerprint density at radius 3 is 2.04 bits per heavy atom. The van der Waals surface area contributed by atoms with Crippen LogP contribution >= 0.6 is 0 Å². The second-order valence-corrected chi connectivity index (χ2v) is 5.79. The number of ether oxygens (including phenoxy) is 1. The van der Waals surface area contributed by atoms with Crippen molar-refractivity contribution in [3.05, 3.63) is 29.3 Å². The van der Waals surface area contributed by atoms with Gasteiger partial charge in [-0.3, -0.25) is 14.4 Å². The molecular weight excluding hydrogens is 322 g/mol. The van der Waals surface area contributed by atoms with Crippen LogP contribution in [0.3, 0.4) is 0 Å². The monoisotopic (exact) mass is 343 g/mol. The summed E-state index contributed by atoms with van der Waals surface area (Å²) in [7, 11) is 2.98. The highest BCUT2D eigenvalue weighted by molar-refractivity contribution is 6.06. The summed E-state index contributed by atoms with van der Waals surface area (Å²) in [6.07, 6.45) is 0.806. The van der Waals surface area contributed by atoms with E-state index in [0.29, 0.717) is 18.9 Å². The molecule has 1 aliphatic rings. The Balaban J connectivity index is 2.23. The molecule has 0 unspecified atom stereocenters. The van der Waals surface area contributed by atoms with Crippen molar-refractivity contribution in [1.82, 2.24) is 10.6 Å². The van der Waals surface area contributed by atoms with E-state index >= 15 is 0 Å².